The van der Waals surface area contributed by atoms with Crippen molar-refractivity contribution >= 4 is 30.7 Å². The van der Waals surface area contributed by atoms with E-state index in [1.807, 2.05) is 0 Å². The number of hydrogen-bond acceptors (Lipinski definition) is 11. The Hall–Kier alpha value is -3.30. The number of esters is 1. The first kappa shape index (κ1) is 30.7. The molecule has 41 heavy (non-hydrogen) atoms. The Morgan fingerprint density at radius 2 is 1.93 bits per heavy atom. The second-order valence-electron chi connectivity index (χ2n) is 9.74. The number of anilines is 1. The van der Waals surface area contributed by atoms with E-state index in [1.54, 1.807) is 32.0 Å². The van der Waals surface area contributed by atoms with Crippen LogP contribution in [0.15, 0.2) is 36.7 Å². The monoisotopic (exact) mass is 602 g/mol. The summed E-state index contributed by atoms with van der Waals surface area (Å²) >= 11 is 0. The maximum Gasteiger partial charge on any atom is 0.459 e. The van der Waals surface area contributed by atoms with Crippen LogP contribution in [-0.2, 0) is 23.4 Å². The van der Waals surface area contributed by atoms with Crippen LogP contribution in [0.3, 0.4) is 0 Å². The van der Waals surface area contributed by atoms with E-state index in [1.165, 1.54) is 26.1 Å². The summed E-state index contributed by atoms with van der Waals surface area (Å²) < 4.78 is 81.8. The summed E-state index contributed by atoms with van der Waals surface area (Å²) in [5.74, 6) is -4.09. The lowest BCUT2D eigenvalue weighted by Gasteiger charge is -2.28. The Kier molecular flexibility index (Phi) is 8.62. The van der Waals surface area contributed by atoms with E-state index in [4.69, 9.17) is 18.5 Å². The molecule has 1 aliphatic heterocycles. The molecule has 1 fully saturated rings. The number of halogens is 3. The van der Waals surface area contributed by atoms with Crippen LogP contribution in [0.25, 0.3) is 11.2 Å². The molecule has 6 atom stereocenters. The van der Waals surface area contributed by atoms with Gasteiger partial charge in [-0.05, 0) is 39.8 Å². The van der Waals surface area contributed by atoms with E-state index in [-0.39, 0.29) is 22.7 Å². The SMILES string of the molecule is CNc1nc(F)nc2c1ncn2[C@@H]1O[C@](F)(COP(=O)(N[C@@H](C)C(=O)OC(C)C)Oc2ccccc2)[C@@H](O)[C@@]1(C)F. The van der Waals surface area contributed by atoms with E-state index < -0.39 is 62.4 Å². The van der Waals surface area contributed by atoms with Crippen molar-refractivity contribution in [2.75, 3.05) is 19.0 Å². The largest absolute Gasteiger partial charge is 0.462 e. The first-order chi connectivity index (χ1) is 19.2. The van der Waals surface area contributed by atoms with E-state index in [0.717, 1.165) is 17.8 Å². The molecule has 1 aliphatic rings. The summed E-state index contributed by atoms with van der Waals surface area (Å²) in [7, 11) is -3.15. The number of fused-ring (bicyclic) bond motifs is 1. The average Bonchev–Trinajstić information content (AvgIpc) is 3.39. The standard InChI is InChI=1S/C24H30F3N6O7P/c1-13(2)38-19(34)14(3)32-41(36,40-15-9-7-6-8-10-15)37-11-24(27)20(35)23(4,26)21(39-24)33-12-29-16-17(28-5)30-22(25)31-18(16)33/h6-10,12-14,20-21,35H,11H2,1-5H3,(H,32,36)(H,28,30,31)/t14-,20-,21+,23+,24+,41?/m0/s1. The van der Waals surface area contributed by atoms with E-state index in [9.17, 15) is 18.9 Å². The van der Waals surface area contributed by atoms with Gasteiger partial charge < -0.3 is 24.4 Å². The Labute approximate surface area is 233 Å². The number of imidazole rings is 1. The molecule has 3 N–H and O–H groups in total. The molecular weight excluding hydrogens is 572 g/mol. The van der Waals surface area contributed by atoms with Gasteiger partial charge in [0.2, 0.25) is 0 Å². The average molecular weight is 603 g/mol. The first-order valence-electron chi connectivity index (χ1n) is 12.5. The number of aromatic nitrogens is 4. The molecule has 17 heteroatoms. The van der Waals surface area contributed by atoms with Gasteiger partial charge in [0.15, 0.2) is 35.0 Å². The Bertz CT molecular complexity index is 1450. The number of ether oxygens (including phenoxy) is 2. The number of para-hydroxylation sites is 1. The minimum absolute atomic E-state index is 0.0182. The van der Waals surface area contributed by atoms with Gasteiger partial charge in [-0.15, -0.1) is 0 Å². The minimum atomic E-state index is -4.60. The number of aliphatic hydroxyl groups excluding tert-OH is 1. The molecule has 0 spiro atoms. The normalized spacial score (nSPS) is 26.6. The number of aliphatic hydroxyl groups is 1. The molecule has 4 rings (SSSR count). The van der Waals surface area contributed by atoms with E-state index in [2.05, 4.69) is 25.4 Å². The van der Waals surface area contributed by atoms with Crippen molar-refractivity contribution in [3.05, 3.63) is 42.7 Å². The second-order valence-corrected chi connectivity index (χ2v) is 11.4. The highest BCUT2D eigenvalue weighted by molar-refractivity contribution is 7.52. The van der Waals surface area contributed by atoms with Gasteiger partial charge in [-0.3, -0.25) is 13.9 Å². The van der Waals surface area contributed by atoms with Crippen LogP contribution in [0.2, 0.25) is 0 Å². The minimum Gasteiger partial charge on any atom is -0.462 e. The molecule has 2 aromatic heterocycles. The molecule has 1 aromatic carbocycles. The van der Waals surface area contributed by atoms with Crippen molar-refractivity contribution < 1.29 is 46.2 Å². The van der Waals surface area contributed by atoms with Crippen molar-refractivity contribution in [2.24, 2.45) is 0 Å². The number of carbonyl (C=O) groups excluding carboxylic acids is 1. The fraction of sp³-hybridized carbons (Fsp3) is 0.500. The summed E-state index contributed by atoms with van der Waals surface area (Å²) in [5.41, 5.74) is -3.06. The van der Waals surface area contributed by atoms with Crippen LogP contribution in [0.1, 0.15) is 33.9 Å². The second kappa shape index (κ2) is 11.5. The molecule has 0 radical (unpaired) electrons. The van der Waals surface area contributed by atoms with Crippen molar-refractivity contribution in [2.45, 2.75) is 63.7 Å². The third-order valence-electron chi connectivity index (χ3n) is 6.07. The van der Waals surface area contributed by atoms with Crippen molar-refractivity contribution in [1.29, 1.82) is 0 Å². The maximum atomic E-state index is 16.1. The van der Waals surface area contributed by atoms with Gasteiger partial charge in [0.05, 0.1) is 12.4 Å². The number of benzene rings is 1. The predicted octanol–water partition coefficient (Wildman–Crippen LogP) is 3.42. The fourth-order valence-corrected chi connectivity index (χ4v) is 5.61. The van der Waals surface area contributed by atoms with E-state index in [0.29, 0.717) is 0 Å². The van der Waals surface area contributed by atoms with Gasteiger partial charge in [0.1, 0.15) is 18.4 Å². The number of nitrogens with one attached hydrogen (secondary N) is 2. The van der Waals surface area contributed by atoms with E-state index >= 15 is 8.78 Å². The summed E-state index contributed by atoms with van der Waals surface area (Å²) in [4.78, 5) is 23.5. The molecule has 3 heterocycles. The Morgan fingerprint density at radius 3 is 2.56 bits per heavy atom. The predicted molar refractivity (Wildman–Crippen MR) is 139 cm³/mol. The van der Waals surface area contributed by atoms with Crippen LogP contribution in [0.4, 0.5) is 19.0 Å². The van der Waals surface area contributed by atoms with Crippen LogP contribution >= 0.6 is 7.75 Å². The molecule has 0 aliphatic carbocycles. The number of alkyl halides is 2. The Balaban J connectivity index is 1.61. The van der Waals surface area contributed by atoms with Gasteiger partial charge in [-0.2, -0.15) is 19.4 Å². The highest BCUT2D eigenvalue weighted by Crippen LogP contribution is 2.52. The molecule has 3 aromatic rings. The highest BCUT2D eigenvalue weighted by Gasteiger charge is 2.65. The van der Waals surface area contributed by atoms with Crippen LogP contribution < -0.4 is 14.9 Å². The lowest BCUT2D eigenvalue weighted by atomic mass is 9.97. The van der Waals surface area contributed by atoms with Crippen molar-refractivity contribution in [3.63, 3.8) is 0 Å². The molecule has 0 amide bonds. The first-order valence-corrected chi connectivity index (χ1v) is 14.0. The molecule has 1 saturated heterocycles. The van der Waals surface area contributed by atoms with Crippen LogP contribution in [0.5, 0.6) is 5.75 Å². The van der Waals surface area contributed by atoms with Gasteiger partial charge in [-0.1, -0.05) is 18.2 Å². The van der Waals surface area contributed by atoms with Gasteiger partial charge >= 0.3 is 19.8 Å². The molecular formula is C24H30F3N6O7P. The highest BCUT2D eigenvalue weighted by atomic mass is 31.2. The molecule has 0 bridgehead atoms. The lowest BCUT2D eigenvalue weighted by molar-refractivity contribution is -0.202. The zero-order chi connectivity index (χ0) is 30.2. The molecule has 1 unspecified atom stereocenters. The molecule has 13 nitrogen and oxygen atoms in total. The number of carbonyl (C=O) groups is 1. The van der Waals surface area contributed by atoms with Gasteiger partial charge in [0.25, 0.3) is 5.85 Å². The van der Waals surface area contributed by atoms with Crippen LogP contribution in [-0.4, -0.2) is 74.0 Å². The summed E-state index contributed by atoms with van der Waals surface area (Å²) in [6, 6.07) is 6.41. The van der Waals surface area contributed by atoms with Crippen molar-refractivity contribution in [1.82, 2.24) is 24.6 Å². The number of nitrogens with zero attached hydrogens (tertiary/aromatic N) is 4. The third-order valence-corrected chi connectivity index (χ3v) is 7.70. The number of rotatable bonds is 11. The third kappa shape index (κ3) is 6.31. The summed E-state index contributed by atoms with van der Waals surface area (Å²) in [6.45, 7) is 4.08. The molecule has 224 valence electrons. The lowest BCUT2D eigenvalue weighted by Crippen LogP contribution is -2.47. The van der Waals surface area contributed by atoms with Gasteiger partial charge in [-0.25, -0.2) is 18.3 Å². The summed E-state index contributed by atoms with van der Waals surface area (Å²) in [6.07, 6.45) is -5.06. The topological polar surface area (TPSA) is 159 Å². The maximum absolute atomic E-state index is 16.1. The fourth-order valence-electron chi connectivity index (χ4n) is 4.11. The zero-order valence-corrected chi connectivity index (χ0v) is 23.6. The zero-order valence-electron chi connectivity index (χ0n) is 22.7. The summed E-state index contributed by atoms with van der Waals surface area (Å²) in [5, 5.41) is 15.7. The Morgan fingerprint density at radius 1 is 1.24 bits per heavy atom. The van der Waals surface area contributed by atoms with Gasteiger partial charge in [0, 0.05) is 7.05 Å². The van der Waals surface area contributed by atoms with Crippen molar-refractivity contribution in [3.8, 4) is 5.75 Å². The molecule has 0 saturated carbocycles. The quantitative estimate of drug-likeness (QED) is 0.167. The smallest absolute Gasteiger partial charge is 0.459 e. The van der Waals surface area contributed by atoms with Crippen LogP contribution in [0, 0.1) is 6.08 Å². The number of hydrogen-bond donors (Lipinski definition) is 3.